The van der Waals surface area contributed by atoms with Crippen molar-refractivity contribution in [3.8, 4) is 0 Å². The molecule has 3 nitrogen and oxygen atoms in total. The molecule has 17 heavy (non-hydrogen) atoms. The molecule has 0 aromatic heterocycles. The molecule has 0 aromatic carbocycles. The molecule has 0 radical (unpaired) electrons. The summed E-state index contributed by atoms with van der Waals surface area (Å²) in [5.41, 5.74) is 3.38. The van der Waals surface area contributed by atoms with Crippen LogP contribution in [0, 0.1) is 0 Å². The second kappa shape index (κ2) is 3.09. The molecule has 2 saturated heterocycles. The van der Waals surface area contributed by atoms with Gasteiger partial charge >= 0.3 is 0 Å². The summed E-state index contributed by atoms with van der Waals surface area (Å²) in [7, 11) is 0. The molecule has 0 N–H and O–H groups in total. The number of allylic oxidation sites excluding steroid dienone is 2. The molecule has 2 atom stereocenters. The third kappa shape index (κ3) is 1.21. The first-order chi connectivity index (χ1) is 7.90. The van der Waals surface area contributed by atoms with Gasteiger partial charge in [-0.05, 0) is 46.1 Å². The van der Waals surface area contributed by atoms with Crippen molar-refractivity contribution in [3.63, 3.8) is 0 Å². The Hall–Kier alpha value is -0.930. The van der Waals surface area contributed by atoms with Crippen molar-refractivity contribution in [1.29, 1.82) is 0 Å². The molecule has 92 valence electrons. The third-order valence-corrected chi connectivity index (χ3v) is 4.46. The van der Waals surface area contributed by atoms with Crippen LogP contribution in [0.1, 0.15) is 40.5 Å². The lowest BCUT2D eigenvalue weighted by molar-refractivity contribution is -0.151. The minimum atomic E-state index is -0.727. The van der Waals surface area contributed by atoms with Crippen molar-refractivity contribution in [3.05, 3.63) is 22.3 Å². The van der Waals surface area contributed by atoms with Gasteiger partial charge in [-0.3, -0.25) is 4.79 Å². The molecule has 1 spiro atoms. The van der Waals surface area contributed by atoms with E-state index in [0.29, 0.717) is 6.61 Å². The Kier molecular flexibility index (Phi) is 2.03. The Morgan fingerprint density at radius 3 is 2.59 bits per heavy atom. The molecule has 2 aliphatic heterocycles. The highest BCUT2D eigenvalue weighted by Crippen LogP contribution is 2.53. The van der Waals surface area contributed by atoms with Gasteiger partial charge in [-0.15, -0.1) is 0 Å². The number of fused-ring (bicyclic) bond motifs is 1. The van der Waals surface area contributed by atoms with Crippen LogP contribution < -0.4 is 0 Å². The first-order valence-electron chi connectivity index (χ1n) is 6.17. The number of Topliss-reactive ketones (excluding diaryl/α,β-unsaturated/α-hetero) is 1. The molecule has 2 fully saturated rings. The van der Waals surface area contributed by atoms with Crippen LogP contribution in [0.25, 0.3) is 0 Å². The number of hydrogen-bond donors (Lipinski definition) is 0. The molecular formula is C14H18O3. The van der Waals surface area contributed by atoms with Crippen LogP contribution >= 0.6 is 0 Å². The summed E-state index contributed by atoms with van der Waals surface area (Å²) in [6, 6.07) is 0. The van der Waals surface area contributed by atoms with Gasteiger partial charge in [0, 0.05) is 16.7 Å². The number of ether oxygens (including phenoxy) is 2. The molecule has 0 aromatic rings. The summed E-state index contributed by atoms with van der Waals surface area (Å²) in [6.07, 6.45) is 1.83. The van der Waals surface area contributed by atoms with E-state index >= 15 is 0 Å². The highest BCUT2D eigenvalue weighted by Gasteiger charge is 2.57. The Morgan fingerprint density at radius 2 is 1.88 bits per heavy atom. The van der Waals surface area contributed by atoms with E-state index in [9.17, 15) is 4.79 Å². The van der Waals surface area contributed by atoms with Gasteiger partial charge in [0.15, 0.2) is 5.78 Å². The van der Waals surface area contributed by atoms with Crippen molar-refractivity contribution in [1.82, 2.24) is 0 Å². The third-order valence-electron chi connectivity index (χ3n) is 4.46. The van der Waals surface area contributed by atoms with Gasteiger partial charge in [-0.25, -0.2) is 0 Å². The van der Waals surface area contributed by atoms with E-state index < -0.39 is 5.79 Å². The van der Waals surface area contributed by atoms with Crippen LogP contribution in [0.2, 0.25) is 0 Å². The minimum absolute atomic E-state index is 0.144. The van der Waals surface area contributed by atoms with Crippen molar-refractivity contribution in [2.45, 2.75) is 51.9 Å². The molecular weight excluding hydrogens is 216 g/mol. The number of ketones is 1. The molecule has 3 rings (SSSR count). The fourth-order valence-electron chi connectivity index (χ4n) is 3.17. The van der Waals surface area contributed by atoms with Gasteiger partial charge in [0.25, 0.3) is 0 Å². The largest absolute Gasteiger partial charge is 0.340 e. The average molecular weight is 234 g/mol. The zero-order chi connectivity index (χ0) is 12.4. The fraction of sp³-hybridized carbons (Fsp3) is 0.643. The summed E-state index contributed by atoms with van der Waals surface area (Å²) in [5, 5.41) is 0. The summed E-state index contributed by atoms with van der Waals surface area (Å²) >= 11 is 0. The zero-order valence-corrected chi connectivity index (χ0v) is 10.8. The minimum Gasteiger partial charge on any atom is -0.340 e. The Morgan fingerprint density at radius 1 is 1.18 bits per heavy atom. The van der Waals surface area contributed by atoms with E-state index in [1.165, 1.54) is 0 Å². The Labute approximate surface area is 101 Å². The van der Waals surface area contributed by atoms with Crippen molar-refractivity contribution < 1.29 is 14.3 Å². The predicted molar refractivity (Wildman–Crippen MR) is 63.5 cm³/mol. The molecule has 0 saturated carbocycles. The SMILES string of the molecule is CC1=C(C)[C@]23OCC(C)(CCC2=C(C)C1=O)O3. The summed E-state index contributed by atoms with van der Waals surface area (Å²) in [4.78, 5) is 12.1. The van der Waals surface area contributed by atoms with Gasteiger partial charge in [0.05, 0.1) is 12.2 Å². The fourth-order valence-corrected chi connectivity index (χ4v) is 3.17. The Balaban J connectivity index is 2.21. The van der Waals surface area contributed by atoms with Crippen molar-refractivity contribution >= 4 is 5.78 Å². The highest BCUT2D eigenvalue weighted by atomic mass is 16.8. The van der Waals surface area contributed by atoms with Gasteiger partial charge in [-0.1, -0.05) is 0 Å². The summed E-state index contributed by atoms with van der Waals surface area (Å²) in [5.74, 6) is -0.583. The summed E-state index contributed by atoms with van der Waals surface area (Å²) < 4.78 is 12.2. The molecule has 3 heteroatoms. The average Bonchev–Trinajstić information content (AvgIpc) is 2.58. The molecule has 2 bridgehead atoms. The van der Waals surface area contributed by atoms with Crippen LogP contribution in [0.5, 0.6) is 0 Å². The van der Waals surface area contributed by atoms with E-state index in [1.807, 2.05) is 20.8 Å². The van der Waals surface area contributed by atoms with E-state index in [0.717, 1.165) is 35.1 Å². The topological polar surface area (TPSA) is 35.5 Å². The van der Waals surface area contributed by atoms with Gasteiger partial charge < -0.3 is 9.47 Å². The van der Waals surface area contributed by atoms with Crippen LogP contribution in [-0.4, -0.2) is 23.8 Å². The zero-order valence-electron chi connectivity index (χ0n) is 10.8. The maximum atomic E-state index is 12.1. The quantitative estimate of drug-likeness (QED) is 0.646. The van der Waals surface area contributed by atoms with Gasteiger partial charge in [0.2, 0.25) is 5.79 Å². The second-order valence-corrected chi connectivity index (χ2v) is 5.64. The molecule has 3 aliphatic rings. The number of hydrogen-bond acceptors (Lipinski definition) is 3. The monoisotopic (exact) mass is 234 g/mol. The Bertz CT molecular complexity index is 486. The smallest absolute Gasteiger partial charge is 0.215 e. The first kappa shape index (κ1) is 11.2. The normalized spacial score (nSPS) is 41.1. The molecule has 1 unspecified atom stereocenters. The predicted octanol–water partition coefficient (Wildman–Crippen LogP) is 2.52. The maximum Gasteiger partial charge on any atom is 0.215 e. The van der Waals surface area contributed by atoms with Crippen molar-refractivity contribution in [2.75, 3.05) is 6.61 Å². The number of carbonyl (C=O) groups is 1. The molecule has 0 amide bonds. The molecule has 1 aliphatic carbocycles. The highest BCUT2D eigenvalue weighted by molar-refractivity contribution is 6.10. The van der Waals surface area contributed by atoms with E-state index in [-0.39, 0.29) is 11.4 Å². The lowest BCUT2D eigenvalue weighted by Gasteiger charge is -2.42. The molecule has 2 heterocycles. The number of rotatable bonds is 0. The second-order valence-electron chi connectivity index (χ2n) is 5.64. The van der Waals surface area contributed by atoms with E-state index in [1.54, 1.807) is 0 Å². The van der Waals surface area contributed by atoms with Crippen LogP contribution in [0.3, 0.4) is 0 Å². The van der Waals surface area contributed by atoms with E-state index in [2.05, 4.69) is 6.92 Å². The lowest BCUT2D eigenvalue weighted by Crippen LogP contribution is -2.45. The number of carbonyl (C=O) groups excluding carboxylic acids is 1. The van der Waals surface area contributed by atoms with Crippen LogP contribution in [0.15, 0.2) is 22.3 Å². The van der Waals surface area contributed by atoms with Crippen LogP contribution in [-0.2, 0) is 14.3 Å². The first-order valence-corrected chi connectivity index (χ1v) is 6.17. The van der Waals surface area contributed by atoms with Crippen LogP contribution in [0.4, 0.5) is 0 Å². The van der Waals surface area contributed by atoms with Crippen molar-refractivity contribution in [2.24, 2.45) is 0 Å². The lowest BCUT2D eigenvalue weighted by atomic mass is 9.77. The van der Waals surface area contributed by atoms with Gasteiger partial charge in [0.1, 0.15) is 0 Å². The van der Waals surface area contributed by atoms with E-state index in [4.69, 9.17) is 9.47 Å². The van der Waals surface area contributed by atoms with Gasteiger partial charge in [-0.2, -0.15) is 0 Å². The maximum absolute atomic E-state index is 12.1. The standard InChI is InChI=1S/C14H18O3/c1-8-10(3)14-11(9(2)12(8)15)5-6-13(4,17-14)7-16-14/h5-7H2,1-4H3/t13?,14-/m1/s1. The summed E-state index contributed by atoms with van der Waals surface area (Å²) in [6.45, 7) is 8.42.